The fourth-order valence-electron chi connectivity index (χ4n) is 1.22. The predicted molar refractivity (Wildman–Crippen MR) is 67.9 cm³/mol. The summed E-state index contributed by atoms with van der Waals surface area (Å²) in [4.78, 5) is 12.4. The van der Waals surface area contributed by atoms with Crippen LogP contribution in [0.1, 0.15) is 0 Å². The molecule has 0 bridgehead atoms. The first-order valence-corrected chi connectivity index (χ1v) is 6.02. The Labute approximate surface area is 116 Å². The van der Waals surface area contributed by atoms with Crippen molar-refractivity contribution in [3.8, 4) is 0 Å². The number of carbonyl (C=O) groups excluding carboxylic acids is 1. The summed E-state index contributed by atoms with van der Waals surface area (Å²) in [6, 6.07) is 5.94. The zero-order valence-electron chi connectivity index (χ0n) is 9.91. The Bertz CT molecular complexity index is 454. The minimum atomic E-state index is -4.75. The van der Waals surface area contributed by atoms with Gasteiger partial charge in [0.1, 0.15) is 0 Å². The summed E-state index contributed by atoms with van der Waals surface area (Å²) in [7, 11) is 1.17. The van der Waals surface area contributed by atoms with E-state index < -0.39 is 24.9 Å². The van der Waals surface area contributed by atoms with Crippen LogP contribution < -0.4 is 5.32 Å². The first kappa shape index (κ1) is 15.8. The van der Waals surface area contributed by atoms with Gasteiger partial charge in [-0.3, -0.25) is 0 Å². The average Bonchev–Trinajstić information content (AvgIpc) is 2.30. The van der Waals surface area contributed by atoms with Gasteiger partial charge in [-0.2, -0.15) is 13.2 Å². The molecule has 1 rings (SSSR count). The van der Waals surface area contributed by atoms with Crippen LogP contribution in [0.25, 0.3) is 0 Å². The van der Waals surface area contributed by atoms with Crippen LogP contribution in [0.3, 0.4) is 0 Å². The van der Waals surface area contributed by atoms with Gasteiger partial charge in [-0.1, -0.05) is 12.1 Å². The number of para-hydroxylation sites is 1. The lowest BCUT2D eigenvalue weighted by Gasteiger charge is -2.22. The van der Waals surface area contributed by atoms with E-state index in [1.807, 2.05) is 0 Å². The van der Waals surface area contributed by atoms with E-state index in [4.69, 9.17) is 5.11 Å². The van der Waals surface area contributed by atoms with E-state index in [0.717, 1.165) is 4.90 Å². The number of likely N-dealkylation sites (N-methyl/N-ethyl adjacent to an activating group) is 1. The van der Waals surface area contributed by atoms with Gasteiger partial charge < -0.3 is 15.3 Å². The van der Waals surface area contributed by atoms with Crippen molar-refractivity contribution in [2.24, 2.45) is 0 Å². The molecule has 0 aliphatic rings. The molecular weight excluding hydrogens is 329 g/mol. The summed E-state index contributed by atoms with van der Waals surface area (Å²) in [6.07, 6.45) is -7.32. The third kappa shape index (κ3) is 4.71. The third-order valence-electron chi connectivity index (χ3n) is 2.29. The van der Waals surface area contributed by atoms with E-state index in [2.05, 4.69) is 21.2 Å². The lowest BCUT2D eigenvalue weighted by atomic mass is 10.3. The molecule has 0 fully saturated rings. The molecular formula is C11H12BrF3N2O2. The molecule has 8 heteroatoms. The molecule has 1 unspecified atom stereocenters. The Morgan fingerprint density at radius 3 is 2.58 bits per heavy atom. The number of alkyl halides is 3. The Morgan fingerprint density at radius 2 is 2.05 bits per heavy atom. The van der Waals surface area contributed by atoms with Crippen molar-refractivity contribution in [3.63, 3.8) is 0 Å². The number of halogens is 4. The highest BCUT2D eigenvalue weighted by Gasteiger charge is 2.39. The fraction of sp³-hybridized carbons (Fsp3) is 0.364. The standard InChI is InChI=1S/C11H12BrF3N2O2/c1-17(6-9(18)11(13,14)15)10(19)16-8-5-3-2-4-7(8)12/h2-5,9,18H,6H2,1H3,(H,16,19). The van der Waals surface area contributed by atoms with E-state index >= 15 is 0 Å². The smallest absolute Gasteiger partial charge is 0.382 e. The maximum absolute atomic E-state index is 12.1. The second-order valence-corrected chi connectivity index (χ2v) is 4.70. The van der Waals surface area contributed by atoms with Gasteiger partial charge in [-0.05, 0) is 28.1 Å². The summed E-state index contributed by atoms with van der Waals surface area (Å²) in [5.41, 5.74) is 0.431. The van der Waals surface area contributed by atoms with Crippen LogP contribution in [0.4, 0.5) is 23.7 Å². The molecule has 1 aromatic carbocycles. The second kappa shape index (κ2) is 6.25. The van der Waals surface area contributed by atoms with Gasteiger partial charge >= 0.3 is 12.2 Å². The van der Waals surface area contributed by atoms with Gasteiger partial charge in [-0.15, -0.1) is 0 Å². The summed E-state index contributed by atoms with van der Waals surface area (Å²) in [5.74, 6) is 0. The highest BCUT2D eigenvalue weighted by atomic mass is 79.9. The zero-order chi connectivity index (χ0) is 14.6. The number of amides is 2. The van der Waals surface area contributed by atoms with Gasteiger partial charge in [0.2, 0.25) is 0 Å². The molecule has 0 spiro atoms. The maximum atomic E-state index is 12.1. The summed E-state index contributed by atoms with van der Waals surface area (Å²) >= 11 is 3.19. The number of nitrogens with one attached hydrogen (secondary N) is 1. The molecule has 0 aromatic heterocycles. The Kier molecular flexibility index (Phi) is 5.19. The second-order valence-electron chi connectivity index (χ2n) is 3.85. The minimum Gasteiger partial charge on any atom is -0.382 e. The first-order valence-electron chi connectivity index (χ1n) is 5.23. The third-order valence-corrected chi connectivity index (χ3v) is 2.98. The molecule has 1 aromatic rings. The van der Waals surface area contributed by atoms with Crippen molar-refractivity contribution in [1.82, 2.24) is 4.90 Å². The SMILES string of the molecule is CN(CC(O)C(F)(F)F)C(=O)Nc1ccccc1Br. The van der Waals surface area contributed by atoms with Gasteiger partial charge in [0, 0.05) is 11.5 Å². The number of aliphatic hydroxyl groups is 1. The molecule has 106 valence electrons. The van der Waals surface area contributed by atoms with Crippen LogP contribution in [-0.4, -0.2) is 41.9 Å². The number of anilines is 1. The lowest BCUT2D eigenvalue weighted by molar-refractivity contribution is -0.205. The van der Waals surface area contributed by atoms with Crippen LogP contribution in [0.2, 0.25) is 0 Å². The monoisotopic (exact) mass is 340 g/mol. The number of hydrogen-bond acceptors (Lipinski definition) is 2. The topological polar surface area (TPSA) is 52.6 Å². The first-order chi connectivity index (χ1) is 8.71. The zero-order valence-corrected chi connectivity index (χ0v) is 11.5. The number of aliphatic hydroxyl groups excluding tert-OH is 1. The maximum Gasteiger partial charge on any atom is 0.416 e. The molecule has 0 saturated carbocycles. The highest BCUT2D eigenvalue weighted by molar-refractivity contribution is 9.10. The Hall–Kier alpha value is -1.28. The number of carbonyl (C=O) groups is 1. The van der Waals surface area contributed by atoms with E-state index in [1.54, 1.807) is 24.3 Å². The molecule has 0 saturated heterocycles. The number of urea groups is 1. The Morgan fingerprint density at radius 1 is 1.47 bits per heavy atom. The molecule has 4 nitrogen and oxygen atoms in total. The lowest BCUT2D eigenvalue weighted by Crippen LogP contribution is -2.43. The molecule has 0 radical (unpaired) electrons. The molecule has 1 atom stereocenters. The Balaban J connectivity index is 2.62. The fourth-order valence-corrected chi connectivity index (χ4v) is 1.60. The van der Waals surface area contributed by atoms with E-state index in [9.17, 15) is 18.0 Å². The van der Waals surface area contributed by atoms with Crippen LogP contribution >= 0.6 is 15.9 Å². The van der Waals surface area contributed by atoms with Crippen molar-refractivity contribution < 1.29 is 23.1 Å². The highest BCUT2D eigenvalue weighted by Crippen LogP contribution is 2.22. The van der Waals surface area contributed by atoms with Gasteiger partial charge in [0.25, 0.3) is 0 Å². The van der Waals surface area contributed by atoms with Crippen LogP contribution in [0, 0.1) is 0 Å². The van der Waals surface area contributed by atoms with E-state index in [-0.39, 0.29) is 0 Å². The average molecular weight is 341 g/mol. The molecule has 19 heavy (non-hydrogen) atoms. The molecule has 0 aliphatic carbocycles. The summed E-state index contributed by atoms with van der Waals surface area (Å²) in [5, 5.41) is 11.3. The number of hydrogen-bond donors (Lipinski definition) is 2. The van der Waals surface area contributed by atoms with Crippen molar-refractivity contribution in [3.05, 3.63) is 28.7 Å². The van der Waals surface area contributed by atoms with Crippen molar-refractivity contribution in [1.29, 1.82) is 0 Å². The number of nitrogens with zero attached hydrogens (tertiary/aromatic N) is 1. The van der Waals surface area contributed by atoms with Crippen molar-refractivity contribution in [2.45, 2.75) is 12.3 Å². The van der Waals surface area contributed by atoms with Crippen molar-refractivity contribution in [2.75, 3.05) is 18.9 Å². The summed E-state index contributed by atoms with van der Waals surface area (Å²) < 4.78 is 37.0. The quantitative estimate of drug-likeness (QED) is 0.888. The predicted octanol–water partition coefficient (Wildman–Crippen LogP) is 2.84. The van der Waals surface area contributed by atoms with Crippen LogP contribution in [0.15, 0.2) is 28.7 Å². The van der Waals surface area contributed by atoms with Crippen LogP contribution in [0.5, 0.6) is 0 Å². The molecule has 2 N–H and O–H groups in total. The van der Waals surface area contributed by atoms with Gasteiger partial charge in [0.15, 0.2) is 6.10 Å². The number of rotatable bonds is 3. The molecule has 0 heterocycles. The minimum absolute atomic E-state index is 0.431. The van der Waals surface area contributed by atoms with Gasteiger partial charge in [0.05, 0.1) is 12.2 Å². The van der Waals surface area contributed by atoms with Crippen molar-refractivity contribution >= 4 is 27.6 Å². The normalized spacial score (nSPS) is 12.9. The van der Waals surface area contributed by atoms with Gasteiger partial charge in [-0.25, -0.2) is 4.79 Å². The van der Waals surface area contributed by atoms with E-state index in [0.29, 0.717) is 10.2 Å². The van der Waals surface area contributed by atoms with E-state index in [1.165, 1.54) is 7.05 Å². The molecule has 0 aliphatic heterocycles. The molecule has 2 amide bonds. The number of benzene rings is 1. The van der Waals surface area contributed by atoms with Crippen LogP contribution in [-0.2, 0) is 0 Å². The summed E-state index contributed by atoms with van der Waals surface area (Å²) in [6.45, 7) is -0.834. The largest absolute Gasteiger partial charge is 0.416 e.